The van der Waals surface area contributed by atoms with E-state index in [0.29, 0.717) is 5.02 Å². The maximum absolute atomic E-state index is 6.00. The lowest BCUT2D eigenvalue weighted by Crippen LogP contribution is -1.99. The maximum atomic E-state index is 6.00. The molecule has 0 amide bonds. The zero-order chi connectivity index (χ0) is 19.6. The van der Waals surface area contributed by atoms with Crippen molar-refractivity contribution in [3.63, 3.8) is 0 Å². The molecule has 0 aliphatic heterocycles. The summed E-state index contributed by atoms with van der Waals surface area (Å²) in [5.74, 6) is 0. The first-order chi connectivity index (χ1) is 14.3. The molecule has 0 aliphatic carbocycles. The molecule has 29 heavy (non-hydrogen) atoms. The lowest BCUT2D eigenvalue weighted by Gasteiger charge is -2.07. The summed E-state index contributed by atoms with van der Waals surface area (Å²) in [5.41, 5.74) is 6.03. The number of nitrogens with zero attached hydrogens (tertiary/aromatic N) is 4. The van der Waals surface area contributed by atoms with E-state index in [0.717, 1.165) is 38.8 Å². The highest BCUT2D eigenvalue weighted by atomic mass is 35.5. The van der Waals surface area contributed by atoms with E-state index >= 15 is 0 Å². The molecule has 3 aromatic carbocycles. The van der Waals surface area contributed by atoms with Crippen molar-refractivity contribution in [2.75, 3.05) is 0 Å². The molecule has 4 nitrogen and oxygen atoms in total. The fourth-order valence-corrected chi connectivity index (χ4v) is 4.10. The first-order valence-electron chi connectivity index (χ1n) is 9.06. The van der Waals surface area contributed by atoms with Gasteiger partial charge in [0.1, 0.15) is 5.01 Å². The monoisotopic (exact) mass is 414 g/mol. The van der Waals surface area contributed by atoms with Crippen LogP contribution in [0.15, 0.2) is 90.4 Å². The molecule has 5 aromatic rings. The van der Waals surface area contributed by atoms with E-state index in [1.54, 1.807) is 17.5 Å². The molecule has 5 rings (SSSR count). The molecule has 0 radical (unpaired) electrons. The van der Waals surface area contributed by atoms with Crippen LogP contribution in [0.3, 0.4) is 0 Å². The number of aromatic nitrogens is 4. The van der Waals surface area contributed by atoms with Crippen molar-refractivity contribution in [1.29, 1.82) is 0 Å². The number of hydrogen-bond acceptors (Lipinski definition) is 4. The molecule has 0 saturated heterocycles. The summed E-state index contributed by atoms with van der Waals surface area (Å²) in [7, 11) is 0. The topological polar surface area (TPSA) is 43.6 Å². The molecule has 0 unspecified atom stereocenters. The van der Waals surface area contributed by atoms with E-state index in [2.05, 4.69) is 40.0 Å². The lowest BCUT2D eigenvalue weighted by atomic mass is 10.1. The van der Waals surface area contributed by atoms with Gasteiger partial charge < -0.3 is 0 Å². The van der Waals surface area contributed by atoms with Crippen molar-refractivity contribution in [2.45, 2.75) is 0 Å². The molecular weight excluding hydrogens is 400 g/mol. The number of benzene rings is 3. The summed E-state index contributed by atoms with van der Waals surface area (Å²) >= 11 is 7.65. The lowest BCUT2D eigenvalue weighted by molar-refractivity contribution is 0.808. The molecular formula is C23H15ClN4S. The van der Waals surface area contributed by atoms with Crippen LogP contribution in [0.1, 0.15) is 0 Å². The van der Waals surface area contributed by atoms with Crippen LogP contribution in [-0.4, -0.2) is 20.0 Å². The summed E-state index contributed by atoms with van der Waals surface area (Å²) in [5, 5.41) is 12.1. The van der Waals surface area contributed by atoms with Gasteiger partial charge in [0.05, 0.1) is 23.3 Å². The van der Waals surface area contributed by atoms with Crippen LogP contribution >= 0.6 is 22.9 Å². The Bertz CT molecular complexity index is 1240. The Balaban J connectivity index is 1.44. The molecule has 0 spiro atoms. The predicted molar refractivity (Wildman–Crippen MR) is 118 cm³/mol. The Labute approximate surface area is 177 Å². The van der Waals surface area contributed by atoms with E-state index in [9.17, 15) is 0 Å². The van der Waals surface area contributed by atoms with Gasteiger partial charge in [0.15, 0.2) is 0 Å². The van der Waals surface area contributed by atoms with Crippen LogP contribution < -0.4 is 0 Å². The van der Waals surface area contributed by atoms with E-state index in [4.69, 9.17) is 16.6 Å². The second-order valence-corrected chi connectivity index (χ2v) is 7.78. The molecule has 140 valence electrons. The van der Waals surface area contributed by atoms with Gasteiger partial charge in [-0.05, 0) is 24.3 Å². The van der Waals surface area contributed by atoms with Crippen LogP contribution in [0.2, 0.25) is 5.02 Å². The van der Waals surface area contributed by atoms with E-state index < -0.39 is 0 Å². The molecule has 2 aromatic heterocycles. The highest BCUT2D eigenvalue weighted by molar-refractivity contribution is 7.13. The maximum Gasteiger partial charge on any atom is 0.124 e. The fourth-order valence-electron chi connectivity index (χ4n) is 3.14. The van der Waals surface area contributed by atoms with E-state index in [-0.39, 0.29) is 0 Å². The van der Waals surface area contributed by atoms with Gasteiger partial charge in [0.2, 0.25) is 0 Å². The average molecular weight is 415 g/mol. The van der Waals surface area contributed by atoms with Crippen LogP contribution in [0.25, 0.3) is 38.8 Å². The Hall–Kier alpha value is -3.28. The van der Waals surface area contributed by atoms with E-state index in [1.807, 2.05) is 59.3 Å². The number of thiazole rings is 1. The normalized spacial score (nSPS) is 10.9. The van der Waals surface area contributed by atoms with Gasteiger partial charge >= 0.3 is 0 Å². The Morgan fingerprint density at radius 1 is 0.759 bits per heavy atom. The van der Waals surface area contributed by atoms with Gasteiger partial charge in [-0.1, -0.05) is 71.4 Å². The van der Waals surface area contributed by atoms with Crippen molar-refractivity contribution in [3.8, 4) is 38.8 Å². The predicted octanol–water partition coefficient (Wildman–Crippen LogP) is 6.38. The average Bonchev–Trinajstić information content (AvgIpc) is 3.45. The Morgan fingerprint density at radius 2 is 1.48 bits per heavy atom. The first-order valence-corrected chi connectivity index (χ1v) is 10.3. The minimum Gasteiger partial charge on any atom is -0.236 e. The molecule has 0 bridgehead atoms. The van der Waals surface area contributed by atoms with Crippen LogP contribution in [0.4, 0.5) is 0 Å². The number of hydrogen-bond donors (Lipinski definition) is 0. The molecule has 2 heterocycles. The summed E-state index contributed by atoms with van der Waals surface area (Å²) in [4.78, 5) is 4.79. The molecule has 0 aliphatic rings. The van der Waals surface area contributed by atoms with Gasteiger partial charge in [0, 0.05) is 27.1 Å². The summed E-state index contributed by atoms with van der Waals surface area (Å²) < 4.78 is 1.82. The zero-order valence-corrected chi connectivity index (χ0v) is 16.8. The van der Waals surface area contributed by atoms with Gasteiger partial charge in [-0.25, -0.2) is 9.67 Å². The largest absolute Gasteiger partial charge is 0.236 e. The summed E-state index contributed by atoms with van der Waals surface area (Å²) in [6.07, 6.45) is 1.75. The Morgan fingerprint density at radius 3 is 2.24 bits per heavy atom. The second kappa shape index (κ2) is 7.62. The summed E-state index contributed by atoms with van der Waals surface area (Å²) in [6, 6.07) is 26.1. The highest BCUT2D eigenvalue weighted by Crippen LogP contribution is 2.30. The van der Waals surface area contributed by atoms with Crippen LogP contribution in [-0.2, 0) is 0 Å². The second-order valence-electron chi connectivity index (χ2n) is 6.49. The van der Waals surface area contributed by atoms with Gasteiger partial charge in [-0.3, -0.25) is 0 Å². The number of rotatable bonds is 4. The Kier molecular flexibility index (Phi) is 4.68. The smallest absolute Gasteiger partial charge is 0.124 e. The van der Waals surface area contributed by atoms with Crippen molar-refractivity contribution in [3.05, 3.63) is 95.5 Å². The highest BCUT2D eigenvalue weighted by Gasteiger charge is 2.10. The molecule has 6 heteroatoms. The SMILES string of the molecule is Clc1ccc(-c2cnnn2-c2ccc(-c3csc(-c4ccccc4)n3)cc2)cc1. The number of halogens is 1. The third-order valence-electron chi connectivity index (χ3n) is 4.62. The van der Waals surface area contributed by atoms with Crippen molar-refractivity contribution < 1.29 is 0 Å². The van der Waals surface area contributed by atoms with Crippen molar-refractivity contribution in [1.82, 2.24) is 20.0 Å². The van der Waals surface area contributed by atoms with Gasteiger partial charge in [-0.15, -0.1) is 16.4 Å². The molecule has 0 fully saturated rings. The summed E-state index contributed by atoms with van der Waals surface area (Å²) in [6.45, 7) is 0. The molecule has 0 atom stereocenters. The van der Waals surface area contributed by atoms with Gasteiger partial charge in [0.25, 0.3) is 0 Å². The standard InChI is InChI=1S/C23H15ClN4S/c24-19-10-6-17(7-11-19)22-14-25-27-28(22)20-12-8-16(9-13-20)21-15-29-23(26-21)18-4-2-1-3-5-18/h1-15H. The third-order valence-corrected chi connectivity index (χ3v) is 5.77. The third kappa shape index (κ3) is 3.58. The quantitative estimate of drug-likeness (QED) is 0.342. The van der Waals surface area contributed by atoms with E-state index in [1.165, 1.54) is 0 Å². The van der Waals surface area contributed by atoms with Crippen molar-refractivity contribution >= 4 is 22.9 Å². The van der Waals surface area contributed by atoms with Crippen LogP contribution in [0, 0.1) is 0 Å². The molecule has 0 saturated carbocycles. The van der Waals surface area contributed by atoms with Crippen molar-refractivity contribution in [2.24, 2.45) is 0 Å². The fraction of sp³-hybridized carbons (Fsp3) is 0. The zero-order valence-electron chi connectivity index (χ0n) is 15.2. The minimum atomic E-state index is 0.704. The minimum absolute atomic E-state index is 0.704. The van der Waals surface area contributed by atoms with Gasteiger partial charge in [-0.2, -0.15) is 0 Å². The molecule has 0 N–H and O–H groups in total. The van der Waals surface area contributed by atoms with Crippen LogP contribution in [0.5, 0.6) is 0 Å². The first kappa shape index (κ1) is 17.8.